The zero-order chi connectivity index (χ0) is 12.4. The molecule has 17 heavy (non-hydrogen) atoms. The normalized spacial score (nSPS) is 13.1. The number of carbonyl (C=O) groups is 1. The lowest BCUT2D eigenvalue weighted by Crippen LogP contribution is -2.13. The second kappa shape index (κ2) is 4.84. The summed E-state index contributed by atoms with van der Waals surface area (Å²) in [6.07, 6.45) is 0.654. The van der Waals surface area contributed by atoms with Crippen LogP contribution < -0.4 is 0 Å². The van der Waals surface area contributed by atoms with Crippen molar-refractivity contribution in [2.75, 3.05) is 0 Å². The van der Waals surface area contributed by atoms with Crippen LogP contribution in [0.3, 0.4) is 0 Å². The standard InChI is InChI=1S/C13H15NO2S/c1-8(2)7-10(13(15)16)12-9-5-3-4-6-11(9)14-17-12/h3-6,8,10H,7H2,1-2H3,(H,15,16). The van der Waals surface area contributed by atoms with Crippen molar-refractivity contribution in [3.05, 3.63) is 29.1 Å². The molecule has 0 saturated carbocycles. The zero-order valence-corrected chi connectivity index (χ0v) is 10.7. The molecular weight excluding hydrogens is 234 g/mol. The number of benzene rings is 1. The Balaban J connectivity index is 2.45. The van der Waals surface area contributed by atoms with E-state index < -0.39 is 11.9 Å². The first-order chi connectivity index (χ1) is 8.09. The Hall–Kier alpha value is -1.42. The molecule has 1 N–H and O–H groups in total. The Bertz CT molecular complexity index is 533. The summed E-state index contributed by atoms with van der Waals surface area (Å²) in [7, 11) is 0. The summed E-state index contributed by atoms with van der Waals surface area (Å²) < 4.78 is 4.31. The van der Waals surface area contributed by atoms with Gasteiger partial charge in [0.05, 0.1) is 11.4 Å². The Morgan fingerprint density at radius 1 is 1.41 bits per heavy atom. The van der Waals surface area contributed by atoms with Crippen molar-refractivity contribution in [3.63, 3.8) is 0 Å². The van der Waals surface area contributed by atoms with Crippen LogP contribution in [0, 0.1) is 5.92 Å². The summed E-state index contributed by atoms with van der Waals surface area (Å²) >= 11 is 1.31. The Morgan fingerprint density at radius 2 is 2.12 bits per heavy atom. The molecule has 0 aliphatic heterocycles. The molecule has 2 aromatic rings. The molecule has 0 aliphatic rings. The smallest absolute Gasteiger partial charge is 0.311 e. The van der Waals surface area contributed by atoms with E-state index in [4.69, 9.17) is 0 Å². The second-order valence-corrected chi connectivity index (χ2v) is 5.39. The summed E-state index contributed by atoms with van der Waals surface area (Å²) in [6.45, 7) is 4.08. The van der Waals surface area contributed by atoms with Crippen molar-refractivity contribution in [1.82, 2.24) is 4.37 Å². The molecule has 0 radical (unpaired) electrons. The predicted octanol–water partition coefficient (Wildman–Crippen LogP) is 3.51. The minimum atomic E-state index is -0.756. The monoisotopic (exact) mass is 249 g/mol. The van der Waals surface area contributed by atoms with E-state index in [1.807, 2.05) is 38.1 Å². The van der Waals surface area contributed by atoms with Gasteiger partial charge in [0.15, 0.2) is 0 Å². The first kappa shape index (κ1) is 12.0. The molecule has 0 saturated heterocycles. The summed E-state index contributed by atoms with van der Waals surface area (Å²) in [6, 6.07) is 7.71. The van der Waals surface area contributed by atoms with E-state index in [9.17, 15) is 9.90 Å². The van der Waals surface area contributed by atoms with Crippen LogP contribution in [-0.2, 0) is 4.79 Å². The van der Waals surface area contributed by atoms with Crippen molar-refractivity contribution in [2.24, 2.45) is 5.92 Å². The van der Waals surface area contributed by atoms with E-state index in [-0.39, 0.29) is 0 Å². The van der Waals surface area contributed by atoms with Gasteiger partial charge in [-0.15, -0.1) is 0 Å². The molecule has 0 amide bonds. The topological polar surface area (TPSA) is 50.2 Å². The first-order valence-corrected chi connectivity index (χ1v) is 6.44. The quantitative estimate of drug-likeness (QED) is 0.902. The van der Waals surface area contributed by atoms with Crippen LogP contribution in [0.25, 0.3) is 10.9 Å². The number of carboxylic acids is 1. The van der Waals surface area contributed by atoms with E-state index in [2.05, 4.69) is 4.37 Å². The van der Waals surface area contributed by atoms with Crippen LogP contribution >= 0.6 is 11.5 Å². The largest absolute Gasteiger partial charge is 0.481 e. The molecule has 1 aromatic heterocycles. The molecule has 0 bridgehead atoms. The maximum atomic E-state index is 11.4. The van der Waals surface area contributed by atoms with E-state index in [1.54, 1.807) is 0 Å². The van der Waals surface area contributed by atoms with Gasteiger partial charge in [-0.05, 0) is 29.9 Å². The highest BCUT2D eigenvalue weighted by Crippen LogP contribution is 2.33. The number of aromatic nitrogens is 1. The van der Waals surface area contributed by atoms with Crippen LogP contribution in [0.15, 0.2) is 24.3 Å². The first-order valence-electron chi connectivity index (χ1n) is 5.66. The summed E-state index contributed by atoms with van der Waals surface area (Å²) in [4.78, 5) is 12.2. The lowest BCUT2D eigenvalue weighted by atomic mass is 9.94. The molecule has 1 unspecified atom stereocenters. The van der Waals surface area contributed by atoms with Gasteiger partial charge < -0.3 is 5.11 Å². The number of aliphatic carboxylic acids is 1. The van der Waals surface area contributed by atoms with E-state index >= 15 is 0 Å². The van der Waals surface area contributed by atoms with Gasteiger partial charge in [0, 0.05) is 10.3 Å². The SMILES string of the molecule is CC(C)CC(C(=O)O)c1snc2ccccc12. The fraction of sp³-hybridized carbons (Fsp3) is 0.385. The summed E-state index contributed by atoms with van der Waals surface area (Å²) in [5.74, 6) is -0.836. The van der Waals surface area contributed by atoms with Crippen LogP contribution in [0.5, 0.6) is 0 Å². The van der Waals surface area contributed by atoms with Crippen LogP contribution in [0.1, 0.15) is 31.1 Å². The minimum absolute atomic E-state index is 0.358. The molecule has 0 spiro atoms. The molecular formula is C13H15NO2S. The minimum Gasteiger partial charge on any atom is -0.481 e. The van der Waals surface area contributed by atoms with Crippen molar-refractivity contribution in [2.45, 2.75) is 26.2 Å². The second-order valence-electron chi connectivity index (χ2n) is 4.58. The highest BCUT2D eigenvalue weighted by molar-refractivity contribution is 7.07. The number of rotatable bonds is 4. The fourth-order valence-electron chi connectivity index (χ4n) is 1.95. The highest BCUT2D eigenvalue weighted by Gasteiger charge is 2.25. The molecule has 1 heterocycles. The van der Waals surface area contributed by atoms with Gasteiger partial charge in [-0.1, -0.05) is 32.0 Å². The molecule has 0 aliphatic carbocycles. The number of hydrogen-bond acceptors (Lipinski definition) is 3. The average Bonchev–Trinajstić information content (AvgIpc) is 2.69. The average molecular weight is 249 g/mol. The van der Waals surface area contributed by atoms with E-state index in [1.165, 1.54) is 11.5 Å². The van der Waals surface area contributed by atoms with Gasteiger partial charge >= 0.3 is 5.97 Å². The molecule has 0 fully saturated rings. The third kappa shape index (κ3) is 2.47. The van der Waals surface area contributed by atoms with Gasteiger partial charge in [-0.3, -0.25) is 4.79 Å². The molecule has 3 nitrogen and oxygen atoms in total. The molecule has 4 heteroatoms. The molecule has 1 atom stereocenters. The van der Waals surface area contributed by atoms with Gasteiger partial charge in [-0.25, -0.2) is 0 Å². The maximum Gasteiger partial charge on any atom is 0.311 e. The van der Waals surface area contributed by atoms with Crippen molar-refractivity contribution in [1.29, 1.82) is 0 Å². The third-order valence-corrected chi connectivity index (χ3v) is 3.72. The van der Waals surface area contributed by atoms with Crippen LogP contribution in [-0.4, -0.2) is 15.4 Å². The Morgan fingerprint density at radius 3 is 2.76 bits per heavy atom. The van der Waals surface area contributed by atoms with E-state index in [0.717, 1.165) is 15.8 Å². The number of nitrogens with zero attached hydrogens (tertiary/aromatic N) is 1. The van der Waals surface area contributed by atoms with Gasteiger partial charge in [0.25, 0.3) is 0 Å². The van der Waals surface area contributed by atoms with Crippen LogP contribution in [0.2, 0.25) is 0 Å². The van der Waals surface area contributed by atoms with Gasteiger partial charge in [-0.2, -0.15) is 4.37 Å². The molecule has 2 rings (SSSR count). The van der Waals surface area contributed by atoms with Crippen molar-refractivity contribution < 1.29 is 9.90 Å². The summed E-state index contributed by atoms with van der Waals surface area (Å²) in [5.41, 5.74) is 0.891. The highest BCUT2D eigenvalue weighted by atomic mass is 32.1. The lowest BCUT2D eigenvalue weighted by Gasteiger charge is -2.12. The van der Waals surface area contributed by atoms with E-state index in [0.29, 0.717) is 12.3 Å². The predicted molar refractivity (Wildman–Crippen MR) is 69.5 cm³/mol. The summed E-state index contributed by atoms with van der Waals surface area (Å²) in [5, 5.41) is 10.3. The maximum absolute atomic E-state index is 11.4. The van der Waals surface area contributed by atoms with Crippen LogP contribution in [0.4, 0.5) is 0 Å². The fourth-order valence-corrected chi connectivity index (χ4v) is 2.90. The number of hydrogen-bond donors (Lipinski definition) is 1. The lowest BCUT2D eigenvalue weighted by molar-refractivity contribution is -0.139. The number of fused-ring (bicyclic) bond motifs is 1. The van der Waals surface area contributed by atoms with Gasteiger partial charge in [0.1, 0.15) is 0 Å². The van der Waals surface area contributed by atoms with Crippen molar-refractivity contribution >= 4 is 28.4 Å². The Kier molecular flexibility index (Phi) is 3.43. The Labute approximate surface area is 104 Å². The third-order valence-electron chi connectivity index (χ3n) is 2.73. The molecule has 1 aromatic carbocycles. The molecule has 90 valence electrons. The zero-order valence-electron chi connectivity index (χ0n) is 9.88. The van der Waals surface area contributed by atoms with Gasteiger partial charge in [0.2, 0.25) is 0 Å². The van der Waals surface area contributed by atoms with Crippen molar-refractivity contribution in [3.8, 4) is 0 Å². The number of carboxylic acid groups (broad SMARTS) is 1.